The zero-order chi connectivity index (χ0) is 23.3. The quantitative estimate of drug-likeness (QED) is 0.197. The highest BCUT2D eigenvalue weighted by molar-refractivity contribution is 7.03. The molecule has 172 valence electrons. The van der Waals surface area contributed by atoms with Gasteiger partial charge in [0.2, 0.25) is 0 Å². The van der Waals surface area contributed by atoms with Gasteiger partial charge in [-0.05, 0) is 0 Å². The van der Waals surface area contributed by atoms with Crippen LogP contribution in [0.15, 0.2) is 0 Å². The summed E-state index contributed by atoms with van der Waals surface area (Å²) in [6.07, 6.45) is 0. The Morgan fingerprint density at radius 2 is 0.621 bits per heavy atom. The molecule has 0 fully saturated rings. The molecule has 0 nitrogen and oxygen atoms in total. The van der Waals surface area contributed by atoms with Crippen molar-refractivity contribution in [2.24, 2.45) is 0 Å². The molecule has 0 aromatic rings. The van der Waals surface area contributed by atoms with Crippen molar-refractivity contribution in [2.75, 3.05) is 0 Å². The van der Waals surface area contributed by atoms with Gasteiger partial charge in [-0.1, -0.05) is 131 Å². The van der Waals surface area contributed by atoms with Gasteiger partial charge in [0.25, 0.3) is 0 Å². The van der Waals surface area contributed by atoms with Gasteiger partial charge in [-0.2, -0.15) is 0 Å². The van der Waals surface area contributed by atoms with E-state index in [1.807, 2.05) is 0 Å². The Kier molecular flexibility index (Phi) is 13.0. The first kappa shape index (κ1) is 30.7. The standard InChI is InChI=1S/C21H56Si8/c1-22(2)15-27(9,10)18-24(4)19-29(13,14)21-25(5)20-28(11,12)17-23(3)16-26(6,7)8/h15-21H2,1-14H3. The second-order valence-corrected chi connectivity index (χ2v) is 50.5. The van der Waals surface area contributed by atoms with Crippen LogP contribution in [0.1, 0.15) is 0 Å². The molecule has 0 aliphatic carbocycles. The summed E-state index contributed by atoms with van der Waals surface area (Å²) in [5.74, 6) is 0. The van der Waals surface area contributed by atoms with Gasteiger partial charge < -0.3 is 0 Å². The predicted molar refractivity (Wildman–Crippen MR) is 162 cm³/mol. The normalized spacial score (nSPS) is 14.7. The van der Waals surface area contributed by atoms with E-state index in [1.165, 1.54) is 0 Å². The summed E-state index contributed by atoms with van der Waals surface area (Å²) in [7, 11) is -4.05. The highest BCUT2D eigenvalue weighted by atomic mass is 28.4. The summed E-state index contributed by atoms with van der Waals surface area (Å²) in [6.45, 7) is 37.3. The van der Waals surface area contributed by atoms with Crippen LogP contribution in [0.3, 0.4) is 0 Å². The van der Waals surface area contributed by atoms with Crippen LogP contribution in [0.25, 0.3) is 0 Å². The minimum Gasteiger partial charge on any atom is -0.0715 e. The van der Waals surface area contributed by atoms with Gasteiger partial charge in [0.05, 0.1) is 0 Å². The largest absolute Gasteiger partial charge is 0.0715 e. The monoisotopic (exact) mass is 532 g/mol. The van der Waals surface area contributed by atoms with Crippen LogP contribution in [0.4, 0.5) is 0 Å². The maximum absolute atomic E-state index is 2.76. The van der Waals surface area contributed by atoms with Crippen molar-refractivity contribution in [3.05, 3.63) is 0 Å². The molecule has 0 atom stereocenters. The van der Waals surface area contributed by atoms with Crippen LogP contribution in [0.5, 0.6) is 0 Å². The summed E-state index contributed by atoms with van der Waals surface area (Å²) in [5.41, 5.74) is 11.8. The Bertz CT molecular complexity index is 468. The zero-order valence-electron chi connectivity index (χ0n) is 22.9. The summed E-state index contributed by atoms with van der Waals surface area (Å²) in [6, 6.07) is 0. The molecule has 8 heteroatoms. The van der Waals surface area contributed by atoms with Crippen molar-refractivity contribution in [2.45, 2.75) is 131 Å². The molecule has 0 rings (SSSR count). The first-order valence-electron chi connectivity index (χ1n) is 11.9. The van der Waals surface area contributed by atoms with Gasteiger partial charge >= 0.3 is 0 Å². The Hall–Kier alpha value is 1.74. The van der Waals surface area contributed by atoms with Crippen molar-refractivity contribution < 1.29 is 0 Å². The van der Waals surface area contributed by atoms with E-state index in [-0.39, 0.29) is 35.2 Å². The summed E-state index contributed by atoms with van der Waals surface area (Å²) >= 11 is 0. The number of rotatable bonds is 14. The van der Waals surface area contributed by atoms with Gasteiger partial charge in [0, 0.05) is 67.5 Å². The molecule has 0 aromatic heterocycles. The smallest absolute Gasteiger partial charge is 0.0417 e. The van der Waals surface area contributed by atoms with Crippen LogP contribution >= 0.6 is 0 Å². The molecule has 0 amide bonds. The Balaban J connectivity index is 4.66. The van der Waals surface area contributed by atoms with E-state index in [2.05, 4.69) is 91.7 Å². The lowest BCUT2D eigenvalue weighted by Gasteiger charge is -2.34. The lowest BCUT2D eigenvalue weighted by atomic mass is 11.7. The van der Waals surface area contributed by atoms with E-state index in [0.717, 1.165) is 0 Å². The van der Waals surface area contributed by atoms with Crippen LogP contribution in [0, 0.1) is 0 Å². The maximum atomic E-state index is 2.76. The van der Waals surface area contributed by atoms with Crippen molar-refractivity contribution in [3.63, 3.8) is 0 Å². The first-order valence-corrected chi connectivity index (χ1v) is 35.8. The zero-order valence-corrected chi connectivity index (χ0v) is 30.9. The van der Waals surface area contributed by atoms with Gasteiger partial charge in [-0.15, -0.1) is 0 Å². The van der Waals surface area contributed by atoms with Crippen molar-refractivity contribution in [1.82, 2.24) is 0 Å². The SMILES string of the molecule is C[Si](C)C[Si](C)(C)C[Si](C)C[Si](C)(C)C[Si](C)C[Si](C)(C)C[Si](C)C[Si](C)(C)C. The summed E-state index contributed by atoms with van der Waals surface area (Å²) < 4.78 is 0. The first-order chi connectivity index (χ1) is 12.7. The molecule has 0 aromatic carbocycles. The molecule has 29 heavy (non-hydrogen) atoms. The van der Waals surface area contributed by atoms with Gasteiger partial charge in [-0.3, -0.25) is 0 Å². The Labute approximate surface area is 197 Å². The minimum absolute atomic E-state index is 0.0361. The highest BCUT2D eigenvalue weighted by Gasteiger charge is 2.34. The maximum Gasteiger partial charge on any atom is 0.0417 e. The fourth-order valence-electron chi connectivity index (χ4n) is 6.32. The third-order valence-electron chi connectivity index (χ3n) is 5.57. The summed E-state index contributed by atoms with van der Waals surface area (Å²) in [4.78, 5) is 0. The van der Waals surface area contributed by atoms with Crippen molar-refractivity contribution >= 4 is 67.5 Å². The number of hydrogen-bond donors (Lipinski definition) is 0. The Morgan fingerprint density at radius 1 is 0.379 bits per heavy atom. The molecule has 0 aliphatic rings. The lowest BCUT2D eigenvalue weighted by molar-refractivity contribution is 1.44. The van der Waals surface area contributed by atoms with Gasteiger partial charge in [-0.25, -0.2) is 0 Å². The molecule has 0 bridgehead atoms. The van der Waals surface area contributed by atoms with Crippen LogP contribution in [0.2, 0.25) is 131 Å². The molecule has 0 saturated carbocycles. The summed E-state index contributed by atoms with van der Waals surface area (Å²) in [5, 5.41) is 0. The molecular formula is C21H56Si8. The fourth-order valence-corrected chi connectivity index (χ4v) is 63.6. The predicted octanol–water partition coefficient (Wildman–Crippen LogP) is 8.35. The van der Waals surface area contributed by atoms with Crippen molar-refractivity contribution in [1.29, 1.82) is 0 Å². The topological polar surface area (TPSA) is 0 Å². The molecule has 0 spiro atoms. The molecule has 4 radical (unpaired) electrons. The van der Waals surface area contributed by atoms with E-state index in [1.54, 1.807) is 39.7 Å². The van der Waals surface area contributed by atoms with E-state index in [0.29, 0.717) is 0 Å². The van der Waals surface area contributed by atoms with Crippen molar-refractivity contribution in [3.8, 4) is 0 Å². The number of hydrogen-bond acceptors (Lipinski definition) is 0. The third-order valence-corrected chi connectivity index (χ3v) is 50.1. The third kappa shape index (κ3) is 16.9. The van der Waals surface area contributed by atoms with Gasteiger partial charge in [0.15, 0.2) is 0 Å². The fraction of sp³-hybridized carbons (Fsp3) is 1.00. The molecule has 0 unspecified atom stereocenters. The minimum atomic E-state index is -0.989. The van der Waals surface area contributed by atoms with Crippen LogP contribution in [-0.2, 0) is 0 Å². The second kappa shape index (κ2) is 12.3. The second-order valence-electron chi connectivity index (χ2n) is 14.4. The molecule has 0 N–H and O–H groups in total. The average molecular weight is 533 g/mol. The lowest BCUT2D eigenvalue weighted by Crippen LogP contribution is -2.43. The highest BCUT2D eigenvalue weighted by Crippen LogP contribution is 2.29. The van der Waals surface area contributed by atoms with Gasteiger partial charge in [0.1, 0.15) is 0 Å². The molecule has 0 aliphatic heterocycles. The average Bonchev–Trinajstić information content (AvgIpc) is 2.27. The molecule has 0 saturated heterocycles. The van der Waals surface area contributed by atoms with Crippen LogP contribution in [-0.4, -0.2) is 67.5 Å². The van der Waals surface area contributed by atoms with E-state index in [4.69, 9.17) is 0 Å². The Morgan fingerprint density at radius 3 is 0.862 bits per heavy atom. The van der Waals surface area contributed by atoms with Crippen LogP contribution < -0.4 is 0 Å². The van der Waals surface area contributed by atoms with E-state index in [9.17, 15) is 0 Å². The molecule has 0 heterocycles. The van der Waals surface area contributed by atoms with E-state index < -0.39 is 32.3 Å². The molecular weight excluding hydrogens is 477 g/mol. The van der Waals surface area contributed by atoms with E-state index >= 15 is 0 Å².